The molecule has 0 aliphatic carbocycles. The summed E-state index contributed by atoms with van der Waals surface area (Å²) in [6, 6.07) is 9.06. The molecule has 11 nitrogen and oxygen atoms in total. The minimum absolute atomic E-state index is 0.0142. The number of carbonyl (C=O) groups excluding carboxylic acids is 2. The largest absolute Gasteiger partial charge is 0.355 e. The second kappa shape index (κ2) is 10.0. The number of fused-ring (bicyclic) bond motifs is 1. The van der Waals surface area contributed by atoms with Crippen molar-refractivity contribution < 1.29 is 9.59 Å². The zero-order valence-electron chi connectivity index (χ0n) is 22.1. The van der Waals surface area contributed by atoms with Crippen LogP contribution < -0.4 is 10.2 Å². The molecule has 0 atom stereocenters. The number of amides is 3. The van der Waals surface area contributed by atoms with Crippen molar-refractivity contribution in [1.82, 2.24) is 34.7 Å². The van der Waals surface area contributed by atoms with Gasteiger partial charge < -0.3 is 15.1 Å². The fourth-order valence-corrected chi connectivity index (χ4v) is 5.28. The van der Waals surface area contributed by atoms with Gasteiger partial charge in [0.25, 0.3) is 5.91 Å². The number of hydrogen-bond donors (Lipinski definition) is 1. The lowest BCUT2D eigenvalue weighted by molar-refractivity contribution is -0.133. The maximum absolute atomic E-state index is 13.3. The number of nitrogens with one attached hydrogen (secondary N) is 1. The van der Waals surface area contributed by atoms with Crippen LogP contribution in [0.2, 0.25) is 0 Å². The Labute approximate surface area is 222 Å². The van der Waals surface area contributed by atoms with E-state index in [1.807, 2.05) is 12.1 Å². The van der Waals surface area contributed by atoms with Gasteiger partial charge >= 0.3 is 6.03 Å². The lowest BCUT2D eigenvalue weighted by Crippen LogP contribution is -2.55. The fourth-order valence-electron chi connectivity index (χ4n) is 5.28. The number of nitriles is 1. The quantitative estimate of drug-likeness (QED) is 0.476. The average molecular weight is 516 g/mol. The Morgan fingerprint density at radius 1 is 1.13 bits per heavy atom. The highest BCUT2D eigenvalue weighted by Gasteiger charge is 2.52. The molecule has 2 aliphatic heterocycles. The number of imide groups is 1. The van der Waals surface area contributed by atoms with Gasteiger partial charge in [-0.2, -0.15) is 14.9 Å². The smallest absolute Gasteiger partial charge is 0.325 e. The third kappa shape index (κ3) is 5.17. The second-order valence-corrected chi connectivity index (χ2v) is 11.3. The van der Waals surface area contributed by atoms with E-state index in [9.17, 15) is 14.9 Å². The average Bonchev–Trinajstić information content (AvgIpc) is 3.46. The third-order valence-corrected chi connectivity index (χ3v) is 7.18. The van der Waals surface area contributed by atoms with Gasteiger partial charge in [-0.25, -0.2) is 9.78 Å². The number of aromatic nitrogens is 4. The predicted octanol–water partition coefficient (Wildman–Crippen LogP) is 2.44. The highest BCUT2D eigenvalue weighted by Crippen LogP contribution is 2.31. The molecule has 0 saturated carbocycles. The lowest BCUT2D eigenvalue weighted by Gasteiger charge is -2.39. The fraction of sp³-hybridized carbons (Fsp3) is 0.481. The number of piperidine rings is 1. The molecular weight excluding hydrogens is 482 g/mol. The van der Waals surface area contributed by atoms with Crippen LogP contribution in [0.15, 0.2) is 42.9 Å². The number of pyridine rings is 1. The van der Waals surface area contributed by atoms with E-state index in [1.54, 1.807) is 35.2 Å². The number of rotatable bonds is 7. The lowest BCUT2D eigenvalue weighted by atomic mass is 9.87. The van der Waals surface area contributed by atoms with Crippen LogP contribution in [0.25, 0.3) is 5.65 Å². The SMILES string of the molecule is CC(C)(C)CN(CCN1CCC2(CC1)NC(=O)N(Cc1ccncc1)C2=O)c1cc(C#N)nc2ccnn12. The van der Waals surface area contributed by atoms with E-state index in [2.05, 4.69) is 57.0 Å². The van der Waals surface area contributed by atoms with Gasteiger partial charge in [0, 0.05) is 57.3 Å². The first-order valence-electron chi connectivity index (χ1n) is 12.9. The molecule has 1 N–H and O–H groups in total. The number of likely N-dealkylation sites (tertiary alicyclic amines) is 1. The Balaban J connectivity index is 1.26. The van der Waals surface area contributed by atoms with E-state index < -0.39 is 5.54 Å². The van der Waals surface area contributed by atoms with Gasteiger partial charge in [0.15, 0.2) is 5.65 Å². The van der Waals surface area contributed by atoms with Crippen molar-refractivity contribution in [3.63, 3.8) is 0 Å². The molecule has 1 spiro atoms. The number of nitrogens with zero attached hydrogens (tertiary/aromatic N) is 8. The van der Waals surface area contributed by atoms with Crippen molar-refractivity contribution in [1.29, 1.82) is 5.26 Å². The summed E-state index contributed by atoms with van der Waals surface area (Å²) in [6.07, 6.45) is 6.16. The monoisotopic (exact) mass is 515 g/mol. The molecule has 5 heterocycles. The summed E-state index contributed by atoms with van der Waals surface area (Å²) < 4.78 is 1.78. The van der Waals surface area contributed by atoms with Gasteiger partial charge in [0.05, 0.1) is 12.7 Å². The number of carbonyl (C=O) groups is 2. The Morgan fingerprint density at radius 3 is 2.55 bits per heavy atom. The van der Waals surface area contributed by atoms with Gasteiger partial charge in [-0.15, -0.1) is 0 Å². The minimum atomic E-state index is -0.834. The molecule has 5 rings (SSSR count). The summed E-state index contributed by atoms with van der Waals surface area (Å²) in [5, 5.41) is 17.0. The Bertz CT molecular complexity index is 1360. The zero-order valence-corrected chi connectivity index (χ0v) is 22.1. The van der Waals surface area contributed by atoms with Crippen LogP contribution in [0.4, 0.5) is 10.6 Å². The first-order valence-corrected chi connectivity index (χ1v) is 12.9. The van der Waals surface area contributed by atoms with Crippen molar-refractivity contribution in [3.8, 4) is 6.07 Å². The molecule has 0 unspecified atom stereocenters. The van der Waals surface area contributed by atoms with Crippen LogP contribution in [0.3, 0.4) is 0 Å². The maximum atomic E-state index is 13.3. The molecule has 11 heteroatoms. The summed E-state index contributed by atoms with van der Waals surface area (Å²) in [5.74, 6) is 0.695. The third-order valence-electron chi connectivity index (χ3n) is 7.18. The highest BCUT2D eigenvalue weighted by atomic mass is 16.2. The van der Waals surface area contributed by atoms with Crippen LogP contribution in [0.5, 0.6) is 0 Å². The van der Waals surface area contributed by atoms with Gasteiger partial charge in [0.2, 0.25) is 0 Å². The van der Waals surface area contributed by atoms with Crippen LogP contribution in [-0.4, -0.2) is 79.6 Å². The number of anilines is 1. The van der Waals surface area contributed by atoms with Gasteiger partial charge in [-0.05, 0) is 36.0 Å². The van der Waals surface area contributed by atoms with E-state index in [-0.39, 0.29) is 23.9 Å². The summed E-state index contributed by atoms with van der Waals surface area (Å²) in [7, 11) is 0. The van der Waals surface area contributed by atoms with E-state index >= 15 is 0 Å². The molecule has 3 amide bonds. The first-order chi connectivity index (χ1) is 18.2. The first kappa shape index (κ1) is 25.6. The molecule has 2 saturated heterocycles. The van der Waals surface area contributed by atoms with Crippen molar-refractivity contribution in [2.24, 2.45) is 5.41 Å². The van der Waals surface area contributed by atoms with Crippen molar-refractivity contribution >= 4 is 23.4 Å². The van der Waals surface area contributed by atoms with Crippen LogP contribution in [0, 0.1) is 16.7 Å². The molecule has 198 valence electrons. The van der Waals surface area contributed by atoms with Gasteiger partial charge in [-0.3, -0.25) is 14.7 Å². The normalized spacial score (nSPS) is 17.7. The van der Waals surface area contributed by atoms with E-state index in [0.717, 1.165) is 31.0 Å². The van der Waals surface area contributed by atoms with Crippen LogP contribution >= 0.6 is 0 Å². The zero-order chi connectivity index (χ0) is 26.9. The Kier molecular flexibility index (Phi) is 6.75. The molecule has 3 aromatic heterocycles. The summed E-state index contributed by atoms with van der Waals surface area (Å²) >= 11 is 0. The van der Waals surface area contributed by atoms with E-state index in [4.69, 9.17) is 0 Å². The van der Waals surface area contributed by atoms with Crippen molar-refractivity contribution in [2.75, 3.05) is 37.6 Å². The molecule has 0 radical (unpaired) electrons. The number of urea groups is 1. The molecule has 3 aromatic rings. The molecule has 2 aliphatic rings. The molecule has 38 heavy (non-hydrogen) atoms. The maximum Gasteiger partial charge on any atom is 0.325 e. The van der Waals surface area contributed by atoms with Crippen molar-refractivity contribution in [2.45, 2.75) is 45.7 Å². The predicted molar refractivity (Wildman–Crippen MR) is 141 cm³/mol. The topological polar surface area (TPSA) is 123 Å². The molecule has 0 bridgehead atoms. The van der Waals surface area contributed by atoms with Gasteiger partial charge in [0.1, 0.15) is 23.1 Å². The standard InChI is InChI=1S/C27H33N9O2/c1-26(2,3)19-34(23-16-21(17-28)31-22-6-11-30-36(22)23)15-14-33-12-7-27(8-13-33)24(37)35(25(38)32-27)18-20-4-9-29-10-5-20/h4-6,9-11,16H,7-8,12-15,18-19H2,1-3H3,(H,32,38). The summed E-state index contributed by atoms with van der Waals surface area (Å²) in [5.41, 5.74) is 1.06. The van der Waals surface area contributed by atoms with Crippen LogP contribution in [-0.2, 0) is 11.3 Å². The Hall–Kier alpha value is -4.04. The highest BCUT2D eigenvalue weighted by molar-refractivity contribution is 6.07. The van der Waals surface area contributed by atoms with Crippen molar-refractivity contribution in [3.05, 3.63) is 54.1 Å². The van der Waals surface area contributed by atoms with Crippen LogP contribution in [0.1, 0.15) is 44.9 Å². The second-order valence-electron chi connectivity index (χ2n) is 11.3. The molecular formula is C27H33N9O2. The van der Waals surface area contributed by atoms with E-state index in [1.165, 1.54) is 4.90 Å². The Morgan fingerprint density at radius 2 is 1.87 bits per heavy atom. The number of hydrogen-bond acceptors (Lipinski definition) is 8. The molecule has 0 aromatic carbocycles. The van der Waals surface area contributed by atoms with Gasteiger partial charge in [-0.1, -0.05) is 20.8 Å². The van der Waals surface area contributed by atoms with E-state index in [0.29, 0.717) is 37.3 Å². The summed E-state index contributed by atoms with van der Waals surface area (Å²) in [6.45, 7) is 10.5. The molecule has 2 fully saturated rings. The summed E-state index contributed by atoms with van der Waals surface area (Å²) in [4.78, 5) is 40.3. The minimum Gasteiger partial charge on any atom is -0.355 e.